The summed E-state index contributed by atoms with van der Waals surface area (Å²) in [6, 6.07) is 13.7. The molecule has 1 fully saturated rings. The Labute approximate surface area is 199 Å². The lowest BCUT2D eigenvalue weighted by Crippen LogP contribution is -2.39. The van der Waals surface area contributed by atoms with Crippen molar-refractivity contribution in [3.05, 3.63) is 71.0 Å². The number of rotatable bonds is 7. The predicted octanol–water partition coefficient (Wildman–Crippen LogP) is 4.29. The molecule has 0 spiro atoms. The van der Waals surface area contributed by atoms with E-state index in [0.29, 0.717) is 24.5 Å². The van der Waals surface area contributed by atoms with Crippen LogP contribution >= 0.6 is 0 Å². The van der Waals surface area contributed by atoms with Crippen molar-refractivity contribution in [2.45, 2.75) is 70.0 Å². The van der Waals surface area contributed by atoms with Crippen molar-refractivity contribution in [3.8, 4) is 11.5 Å². The van der Waals surface area contributed by atoms with Gasteiger partial charge in [-0.15, -0.1) is 0 Å². The summed E-state index contributed by atoms with van der Waals surface area (Å²) in [4.78, 5) is 13.1. The van der Waals surface area contributed by atoms with Gasteiger partial charge in [0.25, 0.3) is 5.91 Å². The third-order valence-corrected chi connectivity index (χ3v) is 6.69. The van der Waals surface area contributed by atoms with Crippen LogP contribution in [0.15, 0.2) is 54.3 Å². The first kappa shape index (κ1) is 22.7. The van der Waals surface area contributed by atoms with Crippen LogP contribution < -0.4 is 14.8 Å². The van der Waals surface area contributed by atoms with Gasteiger partial charge >= 0.3 is 0 Å². The van der Waals surface area contributed by atoms with E-state index in [1.54, 1.807) is 0 Å². The molecule has 2 N–H and O–H groups in total. The van der Waals surface area contributed by atoms with E-state index < -0.39 is 6.29 Å². The van der Waals surface area contributed by atoms with Gasteiger partial charge in [-0.25, -0.2) is 0 Å². The van der Waals surface area contributed by atoms with Gasteiger partial charge in [-0.05, 0) is 47.7 Å². The molecule has 0 radical (unpaired) electrons. The average Bonchev–Trinajstić information content (AvgIpc) is 3.36. The number of benzene rings is 2. The van der Waals surface area contributed by atoms with Gasteiger partial charge in [0.1, 0.15) is 0 Å². The van der Waals surface area contributed by atoms with E-state index in [-0.39, 0.29) is 31.3 Å². The van der Waals surface area contributed by atoms with E-state index in [1.807, 2.05) is 48.5 Å². The molecule has 7 heteroatoms. The Hall–Kier alpha value is -3.03. The number of aliphatic hydroxyl groups excluding tert-OH is 1. The highest BCUT2D eigenvalue weighted by Crippen LogP contribution is 2.38. The van der Waals surface area contributed by atoms with Gasteiger partial charge in [-0.1, -0.05) is 49.6 Å². The lowest BCUT2D eigenvalue weighted by Gasteiger charge is -2.30. The van der Waals surface area contributed by atoms with Crippen LogP contribution in [0.4, 0.5) is 0 Å². The first-order valence-electron chi connectivity index (χ1n) is 12.1. The summed E-state index contributed by atoms with van der Waals surface area (Å²) in [5.74, 6) is 1.51. The van der Waals surface area contributed by atoms with Crippen molar-refractivity contribution in [2.75, 3.05) is 6.79 Å². The quantitative estimate of drug-likeness (QED) is 0.635. The number of hydrogen-bond donors (Lipinski definition) is 2. The van der Waals surface area contributed by atoms with Crippen molar-refractivity contribution in [1.82, 2.24) is 5.32 Å². The highest BCUT2D eigenvalue weighted by Gasteiger charge is 2.31. The Morgan fingerprint density at radius 2 is 1.76 bits per heavy atom. The number of nitrogens with one attached hydrogen (secondary N) is 1. The summed E-state index contributed by atoms with van der Waals surface area (Å²) in [6.07, 6.45) is 7.44. The van der Waals surface area contributed by atoms with Gasteiger partial charge in [0.2, 0.25) is 13.1 Å². The lowest BCUT2D eigenvalue weighted by atomic mass is 9.92. The third kappa shape index (κ3) is 5.37. The monoisotopic (exact) mass is 465 g/mol. The summed E-state index contributed by atoms with van der Waals surface area (Å²) in [6.45, 7) is 0.578. The summed E-state index contributed by atoms with van der Waals surface area (Å²) in [5, 5.41) is 12.4. The van der Waals surface area contributed by atoms with Crippen LogP contribution in [-0.4, -0.2) is 30.1 Å². The molecule has 2 aliphatic heterocycles. The van der Waals surface area contributed by atoms with E-state index in [9.17, 15) is 9.90 Å². The third-order valence-electron chi connectivity index (χ3n) is 6.69. The molecular weight excluding hydrogens is 434 g/mol. The van der Waals surface area contributed by atoms with Gasteiger partial charge in [0.15, 0.2) is 17.3 Å². The summed E-state index contributed by atoms with van der Waals surface area (Å²) < 4.78 is 23.1. The smallest absolute Gasteiger partial charge is 0.286 e. The van der Waals surface area contributed by atoms with Crippen LogP contribution in [0.25, 0.3) is 0 Å². The highest BCUT2D eigenvalue weighted by atomic mass is 16.7. The van der Waals surface area contributed by atoms with Crippen molar-refractivity contribution >= 4 is 5.91 Å². The number of hydrogen-bond acceptors (Lipinski definition) is 6. The summed E-state index contributed by atoms with van der Waals surface area (Å²) in [7, 11) is 0. The van der Waals surface area contributed by atoms with Crippen LogP contribution in [0.3, 0.4) is 0 Å². The minimum absolute atomic E-state index is 0.00828. The summed E-state index contributed by atoms with van der Waals surface area (Å²) >= 11 is 0. The maximum absolute atomic E-state index is 13.1. The maximum atomic E-state index is 13.1. The fourth-order valence-electron chi connectivity index (χ4n) is 4.73. The molecule has 5 rings (SSSR count). The number of ether oxygens (including phenoxy) is 4. The van der Waals surface area contributed by atoms with Crippen molar-refractivity contribution in [3.63, 3.8) is 0 Å². The molecule has 2 aromatic rings. The van der Waals surface area contributed by atoms with Crippen LogP contribution in [0.2, 0.25) is 0 Å². The number of amides is 1. The van der Waals surface area contributed by atoms with Crippen LogP contribution in [0, 0.1) is 0 Å². The minimum Gasteiger partial charge on any atom is -0.459 e. The number of fused-ring (bicyclic) bond motifs is 1. The standard InChI is InChI=1S/C27H31NO6/c29-15-18-6-8-19(9-7-18)16-31-26-14-21(20-10-11-23-24(12-20)33-17-32-23)13-25(34-26)27(30)28-22-4-2-1-3-5-22/h6-13,21-22,26,29H,1-5,14-17H2,(H,28,30)/t21-,26+/m0/s1. The molecule has 180 valence electrons. The van der Waals surface area contributed by atoms with Gasteiger partial charge < -0.3 is 29.4 Å². The van der Waals surface area contributed by atoms with Gasteiger partial charge in [-0.3, -0.25) is 4.79 Å². The Bertz CT molecular complexity index is 1030. The molecule has 1 amide bonds. The second-order valence-electron chi connectivity index (χ2n) is 9.13. The molecular formula is C27H31NO6. The van der Waals surface area contributed by atoms with E-state index >= 15 is 0 Å². The Kier molecular flexibility index (Phi) is 7.02. The van der Waals surface area contributed by atoms with E-state index in [2.05, 4.69) is 5.32 Å². The molecule has 2 aromatic carbocycles. The van der Waals surface area contributed by atoms with Crippen molar-refractivity contribution < 1.29 is 28.8 Å². The molecule has 0 aromatic heterocycles. The molecule has 2 heterocycles. The second kappa shape index (κ2) is 10.5. The highest BCUT2D eigenvalue weighted by molar-refractivity contribution is 5.92. The summed E-state index contributed by atoms with van der Waals surface area (Å²) in [5.41, 5.74) is 2.85. The normalized spacial score (nSPS) is 22.1. The fourth-order valence-corrected chi connectivity index (χ4v) is 4.73. The topological polar surface area (TPSA) is 86.3 Å². The van der Waals surface area contributed by atoms with Gasteiger partial charge in [-0.2, -0.15) is 0 Å². The first-order valence-corrected chi connectivity index (χ1v) is 12.1. The number of aliphatic hydroxyl groups is 1. The number of carbonyl (C=O) groups excluding carboxylic acids is 1. The molecule has 7 nitrogen and oxygen atoms in total. The predicted molar refractivity (Wildman–Crippen MR) is 125 cm³/mol. The zero-order valence-electron chi connectivity index (χ0n) is 19.2. The first-order chi connectivity index (χ1) is 16.7. The minimum atomic E-state index is -0.565. The molecule has 0 bridgehead atoms. The largest absolute Gasteiger partial charge is 0.459 e. The average molecular weight is 466 g/mol. The molecule has 34 heavy (non-hydrogen) atoms. The number of allylic oxidation sites excluding steroid dienone is 1. The number of carbonyl (C=O) groups is 1. The lowest BCUT2D eigenvalue weighted by molar-refractivity contribution is -0.150. The zero-order valence-corrected chi connectivity index (χ0v) is 19.2. The second-order valence-corrected chi connectivity index (χ2v) is 9.13. The molecule has 0 saturated heterocycles. The Balaban J connectivity index is 1.32. The molecule has 0 unspecified atom stereocenters. The SMILES string of the molecule is O=C(NC1CCCCC1)C1=C[C@H](c2ccc3c(c2)OCO3)C[C@H](OCc2ccc(CO)cc2)O1. The molecule has 1 saturated carbocycles. The fraction of sp³-hybridized carbons (Fsp3) is 0.444. The van der Waals surface area contributed by atoms with E-state index in [1.165, 1.54) is 6.42 Å². The maximum Gasteiger partial charge on any atom is 0.286 e. The van der Waals surface area contributed by atoms with Crippen LogP contribution in [-0.2, 0) is 27.5 Å². The van der Waals surface area contributed by atoms with E-state index in [4.69, 9.17) is 18.9 Å². The van der Waals surface area contributed by atoms with Crippen LogP contribution in [0.1, 0.15) is 61.1 Å². The van der Waals surface area contributed by atoms with Crippen molar-refractivity contribution in [2.24, 2.45) is 0 Å². The van der Waals surface area contributed by atoms with Gasteiger partial charge in [0.05, 0.1) is 13.2 Å². The van der Waals surface area contributed by atoms with Crippen molar-refractivity contribution in [1.29, 1.82) is 0 Å². The molecule has 2 atom stereocenters. The molecule has 1 aliphatic carbocycles. The van der Waals surface area contributed by atoms with E-state index in [0.717, 1.165) is 48.1 Å². The van der Waals surface area contributed by atoms with Gasteiger partial charge in [0, 0.05) is 18.4 Å². The zero-order chi connectivity index (χ0) is 23.3. The Morgan fingerprint density at radius 1 is 1.00 bits per heavy atom. The van der Waals surface area contributed by atoms with Crippen LogP contribution in [0.5, 0.6) is 11.5 Å². The molecule has 3 aliphatic rings. The Morgan fingerprint density at radius 3 is 2.56 bits per heavy atom.